The topological polar surface area (TPSA) is 99.3 Å². The number of hydrogen-bond acceptors (Lipinski definition) is 7. The van der Waals surface area contributed by atoms with Crippen LogP contribution in [0.15, 0.2) is 12.3 Å². The largest absolute Gasteiger partial charge is 0.481 e. The summed E-state index contributed by atoms with van der Waals surface area (Å²) in [6.07, 6.45) is 2.57. The number of fused-ring (bicyclic) bond motifs is 1. The lowest BCUT2D eigenvalue weighted by molar-refractivity contribution is 0.0739. The summed E-state index contributed by atoms with van der Waals surface area (Å²) in [5, 5.41) is 10.6. The summed E-state index contributed by atoms with van der Waals surface area (Å²) < 4.78 is 5.15. The third kappa shape index (κ3) is 3.45. The van der Waals surface area contributed by atoms with Crippen molar-refractivity contribution in [1.29, 1.82) is 0 Å². The Bertz CT molecular complexity index is 774. The van der Waals surface area contributed by atoms with Crippen molar-refractivity contribution < 1.29 is 9.53 Å². The minimum Gasteiger partial charge on any atom is -0.481 e. The molecule has 2 aromatic heterocycles. The molecular formula is C16H22ClN7O2. The molecule has 0 spiro atoms. The highest BCUT2D eigenvalue weighted by Gasteiger charge is 2.28. The Balaban J connectivity index is 0.00000196. The van der Waals surface area contributed by atoms with E-state index in [0.29, 0.717) is 50.2 Å². The fraction of sp³-hybridized carbons (Fsp3) is 0.500. The van der Waals surface area contributed by atoms with Crippen LogP contribution in [0.4, 0.5) is 5.95 Å². The molecule has 4 rings (SSSR count). The molecule has 140 valence electrons. The molecule has 26 heavy (non-hydrogen) atoms. The number of H-pyrrole nitrogens is 1. The van der Waals surface area contributed by atoms with E-state index in [4.69, 9.17) is 4.74 Å². The van der Waals surface area contributed by atoms with Crippen LogP contribution in [0.1, 0.15) is 21.7 Å². The number of nitrogens with zero attached hydrogens (tertiary/aromatic N) is 5. The standard InChI is InChI=1S/C16H21N7O2.ClH/c1-25-13-3-5-18-16(19-13)23-8-6-22(7-9-23)15(24)14-11-10-17-4-2-12(11)20-21-14;/h3,5,17H,2,4,6-10H2,1H3,(H,20,21);1H. The average Bonchev–Trinajstić information content (AvgIpc) is 3.12. The molecule has 1 saturated heterocycles. The van der Waals surface area contributed by atoms with Crippen molar-refractivity contribution in [1.82, 2.24) is 30.4 Å². The monoisotopic (exact) mass is 379 g/mol. The van der Waals surface area contributed by atoms with Gasteiger partial charge in [-0.1, -0.05) is 0 Å². The van der Waals surface area contributed by atoms with E-state index >= 15 is 0 Å². The molecule has 1 fully saturated rings. The Kier molecular flexibility index (Phi) is 5.58. The highest BCUT2D eigenvalue weighted by atomic mass is 35.5. The highest BCUT2D eigenvalue weighted by molar-refractivity contribution is 5.94. The van der Waals surface area contributed by atoms with Crippen molar-refractivity contribution in [3.05, 3.63) is 29.2 Å². The minimum absolute atomic E-state index is 0. The van der Waals surface area contributed by atoms with Gasteiger partial charge >= 0.3 is 0 Å². The third-order valence-corrected chi connectivity index (χ3v) is 4.69. The Morgan fingerprint density at radius 3 is 2.85 bits per heavy atom. The lowest BCUT2D eigenvalue weighted by atomic mass is 10.1. The van der Waals surface area contributed by atoms with Crippen LogP contribution in [-0.4, -0.2) is 70.8 Å². The van der Waals surface area contributed by atoms with Crippen molar-refractivity contribution in [2.45, 2.75) is 13.0 Å². The van der Waals surface area contributed by atoms with E-state index < -0.39 is 0 Å². The van der Waals surface area contributed by atoms with Crippen LogP contribution in [0.5, 0.6) is 5.88 Å². The Labute approximate surface area is 157 Å². The van der Waals surface area contributed by atoms with E-state index in [0.717, 1.165) is 24.2 Å². The second kappa shape index (κ2) is 7.88. The number of aromatic amines is 1. The molecule has 1 amide bonds. The number of piperazine rings is 1. The summed E-state index contributed by atoms with van der Waals surface area (Å²) in [7, 11) is 1.59. The van der Waals surface area contributed by atoms with Crippen LogP contribution in [-0.2, 0) is 13.0 Å². The van der Waals surface area contributed by atoms with Crippen LogP contribution >= 0.6 is 12.4 Å². The van der Waals surface area contributed by atoms with Crippen molar-refractivity contribution in [2.24, 2.45) is 0 Å². The van der Waals surface area contributed by atoms with E-state index in [1.165, 1.54) is 0 Å². The first-order chi connectivity index (χ1) is 12.3. The van der Waals surface area contributed by atoms with E-state index in [2.05, 4.69) is 30.4 Å². The van der Waals surface area contributed by atoms with Crippen LogP contribution in [0, 0.1) is 0 Å². The molecule has 4 heterocycles. The van der Waals surface area contributed by atoms with E-state index in [1.54, 1.807) is 19.4 Å². The second-order valence-electron chi connectivity index (χ2n) is 6.13. The average molecular weight is 380 g/mol. The van der Waals surface area contributed by atoms with Crippen LogP contribution in [0.2, 0.25) is 0 Å². The molecule has 0 radical (unpaired) electrons. The van der Waals surface area contributed by atoms with Gasteiger partial charge < -0.3 is 19.9 Å². The quantitative estimate of drug-likeness (QED) is 0.787. The van der Waals surface area contributed by atoms with Gasteiger partial charge in [-0.05, 0) is 0 Å². The summed E-state index contributed by atoms with van der Waals surface area (Å²) >= 11 is 0. The highest BCUT2D eigenvalue weighted by Crippen LogP contribution is 2.19. The molecule has 0 atom stereocenters. The molecule has 9 nitrogen and oxygen atoms in total. The molecule has 2 aliphatic rings. The number of nitrogens with one attached hydrogen (secondary N) is 2. The van der Waals surface area contributed by atoms with Gasteiger partial charge in [-0.25, -0.2) is 4.98 Å². The number of rotatable bonds is 3. The van der Waals surface area contributed by atoms with E-state index in [9.17, 15) is 4.79 Å². The van der Waals surface area contributed by atoms with Gasteiger partial charge in [0.25, 0.3) is 5.91 Å². The summed E-state index contributed by atoms with van der Waals surface area (Å²) in [5.74, 6) is 1.17. The van der Waals surface area contributed by atoms with Crippen molar-refractivity contribution >= 4 is 24.3 Å². The number of anilines is 1. The zero-order valence-corrected chi connectivity index (χ0v) is 15.4. The van der Waals surface area contributed by atoms with Crippen LogP contribution in [0.3, 0.4) is 0 Å². The molecule has 2 aliphatic heterocycles. The fourth-order valence-electron chi connectivity index (χ4n) is 3.26. The van der Waals surface area contributed by atoms with Gasteiger partial charge in [0.05, 0.1) is 7.11 Å². The molecule has 2 aromatic rings. The van der Waals surface area contributed by atoms with Gasteiger partial charge in [0.1, 0.15) is 0 Å². The van der Waals surface area contributed by atoms with Crippen LogP contribution in [0.25, 0.3) is 0 Å². The lowest BCUT2D eigenvalue weighted by Crippen LogP contribution is -2.49. The first-order valence-corrected chi connectivity index (χ1v) is 8.44. The van der Waals surface area contributed by atoms with Crippen molar-refractivity contribution in [3.8, 4) is 5.88 Å². The second-order valence-corrected chi connectivity index (χ2v) is 6.13. The summed E-state index contributed by atoms with van der Waals surface area (Å²) in [6, 6.07) is 1.72. The maximum Gasteiger partial charge on any atom is 0.274 e. The number of halogens is 1. The predicted octanol–water partition coefficient (Wildman–Crippen LogP) is 0.238. The number of amides is 1. The predicted molar refractivity (Wildman–Crippen MR) is 97.9 cm³/mol. The van der Waals surface area contributed by atoms with Gasteiger partial charge in [0.15, 0.2) is 5.69 Å². The van der Waals surface area contributed by atoms with Gasteiger partial charge in [0.2, 0.25) is 11.8 Å². The molecule has 10 heteroatoms. The Morgan fingerprint density at radius 2 is 2.08 bits per heavy atom. The maximum atomic E-state index is 12.8. The SMILES string of the molecule is COc1ccnc(N2CCN(C(=O)c3n[nH]c4c3CNCC4)CC2)n1.Cl. The van der Waals surface area contributed by atoms with Gasteiger partial charge in [-0.3, -0.25) is 9.89 Å². The molecule has 0 saturated carbocycles. The van der Waals surface area contributed by atoms with E-state index in [1.807, 2.05) is 4.90 Å². The van der Waals surface area contributed by atoms with Crippen LogP contribution < -0.4 is 15.0 Å². The molecule has 2 N–H and O–H groups in total. The Morgan fingerprint density at radius 1 is 1.27 bits per heavy atom. The van der Waals surface area contributed by atoms with Crippen molar-refractivity contribution in [3.63, 3.8) is 0 Å². The number of methoxy groups -OCH3 is 1. The Hall–Kier alpha value is -2.39. The zero-order valence-electron chi connectivity index (χ0n) is 14.6. The minimum atomic E-state index is -0.00703. The zero-order chi connectivity index (χ0) is 17.2. The van der Waals surface area contributed by atoms with E-state index in [-0.39, 0.29) is 18.3 Å². The first kappa shape index (κ1) is 18.4. The third-order valence-electron chi connectivity index (χ3n) is 4.69. The summed E-state index contributed by atoms with van der Waals surface area (Å²) in [4.78, 5) is 25.4. The normalized spacial score (nSPS) is 16.7. The molecular weight excluding hydrogens is 358 g/mol. The molecule has 0 bridgehead atoms. The fourth-order valence-corrected chi connectivity index (χ4v) is 3.26. The number of ether oxygens (including phenoxy) is 1. The summed E-state index contributed by atoms with van der Waals surface area (Å²) in [6.45, 7) is 4.23. The smallest absolute Gasteiger partial charge is 0.274 e. The molecule has 0 unspecified atom stereocenters. The number of carbonyl (C=O) groups excluding carboxylic acids is 1. The van der Waals surface area contributed by atoms with Crippen molar-refractivity contribution in [2.75, 3.05) is 44.7 Å². The number of aromatic nitrogens is 4. The van der Waals surface area contributed by atoms with Gasteiger partial charge in [-0.15, -0.1) is 12.4 Å². The number of hydrogen-bond donors (Lipinski definition) is 2. The van der Waals surface area contributed by atoms with Gasteiger partial charge in [0, 0.05) is 69.2 Å². The molecule has 0 aliphatic carbocycles. The summed E-state index contributed by atoms with van der Waals surface area (Å²) in [5.41, 5.74) is 2.63. The first-order valence-electron chi connectivity index (χ1n) is 8.44. The lowest BCUT2D eigenvalue weighted by Gasteiger charge is -2.34. The maximum absolute atomic E-state index is 12.8. The molecule has 0 aromatic carbocycles. The number of carbonyl (C=O) groups is 1. The van der Waals surface area contributed by atoms with Gasteiger partial charge in [-0.2, -0.15) is 10.1 Å².